The molecule has 2 aromatic rings. The fraction of sp³-hybridized carbons (Fsp3) is 0.571. The Morgan fingerprint density at radius 1 is 0.946 bits per heavy atom. The zero-order valence-corrected chi connectivity index (χ0v) is 23.3. The molecular weight excluding hydrogens is 508 g/mol. The molecule has 0 unspecified atom stereocenters. The number of nitrogens with zero attached hydrogens (tertiary/aromatic N) is 4. The van der Waals surface area contributed by atoms with Gasteiger partial charge in [0.05, 0.1) is 5.02 Å². The lowest BCUT2D eigenvalue weighted by molar-refractivity contribution is 0.0880. The normalized spacial score (nSPS) is 21.6. The summed E-state index contributed by atoms with van der Waals surface area (Å²) in [6.45, 7) is 9.69. The van der Waals surface area contributed by atoms with Crippen LogP contribution in [0.2, 0.25) is 5.02 Å². The number of benzene rings is 2. The van der Waals surface area contributed by atoms with Crippen molar-refractivity contribution in [2.45, 2.75) is 43.7 Å². The lowest BCUT2D eigenvalue weighted by Gasteiger charge is -2.48. The minimum absolute atomic E-state index is 0.202. The second kappa shape index (κ2) is 11.6. The number of halogens is 1. The van der Waals surface area contributed by atoms with E-state index in [2.05, 4.69) is 45.9 Å². The Morgan fingerprint density at radius 2 is 1.68 bits per heavy atom. The highest BCUT2D eigenvalue weighted by Crippen LogP contribution is 2.33. The summed E-state index contributed by atoms with van der Waals surface area (Å²) < 4.78 is 28.6. The van der Waals surface area contributed by atoms with Gasteiger partial charge in [-0.15, -0.1) is 0 Å². The van der Waals surface area contributed by atoms with Crippen LogP contribution in [-0.2, 0) is 16.6 Å². The second-order valence-electron chi connectivity index (χ2n) is 10.9. The third-order valence-electron chi connectivity index (χ3n) is 8.26. The third-order valence-corrected chi connectivity index (χ3v) is 10.6. The van der Waals surface area contributed by atoms with E-state index in [0.717, 1.165) is 64.2 Å². The number of rotatable bonds is 7. The number of hydrogen-bond acceptors (Lipinski definition) is 6. The van der Waals surface area contributed by atoms with Gasteiger partial charge in [-0.2, -0.15) is 4.31 Å². The van der Waals surface area contributed by atoms with Crippen LogP contribution in [0.5, 0.6) is 0 Å². The maximum atomic E-state index is 13.5. The molecule has 202 valence electrons. The van der Waals surface area contributed by atoms with Crippen LogP contribution in [-0.4, -0.2) is 92.6 Å². The van der Waals surface area contributed by atoms with E-state index in [4.69, 9.17) is 11.6 Å². The van der Waals surface area contributed by atoms with Gasteiger partial charge < -0.3 is 10.0 Å². The van der Waals surface area contributed by atoms with Crippen LogP contribution in [0.4, 0.5) is 5.69 Å². The zero-order chi connectivity index (χ0) is 26.0. The molecule has 7 nitrogen and oxygen atoms in total. The Morgan fingerprint density at radius 3 is 2.35 bits per heavy atom. The molecule has 0 atom stereocenters. The highest BCUT2D eigenvalue weighted by Gasteiger charge is 2.35. The topological polar surface area (TPSA) is 67.3 Å². The fourth-order valence-corrected chi connectivity index (χ4v) is 7.71. The molecule has 3 aliphatic rings. The molecule has 3 heterocycles. The van der Waals surface area contributed by atoms with Crippen molar-refractivity contribution in [1.82, 2.24) is 14.1 Å². The zero-order valence-electron chi connectivity index (χ0n) is 21.7. The predicted octanol–water partition coefficient (Wildman–Crippen LogP) is 3.44. The summed E-state index contributed by atoms with van der Waals surface area (Å²) in [6.07, 6.45) is 2.92. The average Bonchev–Trinajstić information content (AvgIpc) is 3.11. The first-order valence-electron chi connectivity index (χ1n) is 13.5. The van der Waals surface area contributed by atoms with Gasteiger partial charge in [0.1, 0.15) is 4.90 Å². The molecule has 3 fully saturated rings. The summed E-state index contributed by atoms with van der Waals surface area (Å²) in [6, 6.07) is 14.4. The van der Waals surface area contributed by atoms with Gasteiger partial charge in [-0.25, -0.2) is 8.42 Å². The van der Waals surface area contributed by atoms with Gasteiger partial charge in [-0.3, -0.25) is 9.80 Å². The van der Waals surface area contributed by atoms with Crippen molar-refractivity contribution < 1.29 is 13.5 Å². The van der Waals surface area contributed by atoms with Gasteiger partial charge in [-0.1, -0.05) is 41.4 Å². The monoisotopic (exact) mass is 546 g/mol. The molecule has 1 N–H and O–H groups in total. The number of aryl methyl sites for hydroxylation is 1. The quantitative estimate of drug-likeness (QED) is 0.574. The fourth-order valence-electron chi connectivity index (χ4n) is 5.73. The van der Waals surface area contributed by atoms with E-state index >= 15 is 0 Å². The van der Waals surface area contributed by atoms with Crippen molar-refractivity contribution in [3.8, 4) is 0 Å². The predicted molar refractivity (Wildman–Crippen MR) is 149 cm³/mol. The van der Waals surface area contributed by atoms with E-state index < -0.39 is 10.0 Å². The molecule has 0 radical (unpaired) electrons. The number of piperidine rings is 1. The van der Waals surface area contributed by atoms with E-state index in [9.17, 15) is 13.5 Å². The van der Waals surface area contributed by atoms with Gasteiger partial charge in [0.15, 0.2) is 0 Å². The first-order valence-corrected chi connectivity index (χ1v) is 15.3. The number of aliphatic hydroxyl groups is 1. The van der Waals surface area contributed by atoms with Crippen molar-refractivity contribution in [2.75, 3.05) is 63.9 Å². The van der Waals surface area contributed by atoms with Crippen LogP contribution in [0.1, 0.15) is 30.4 Å². The largest absolute Gasteiger partial charge is 0.396 e. The summed E-state index contributed by atoms with van der Waals surface area (Å²) in [5.41, 5.74) is 3.47. The molecule has 0 aromatic heterocycles. The summed E-state index contributed by atoms with van der Waals surface area (Å²) in [5, 5.41) is 9.66. The molecule has 37 heavy (non-hydrogen) atoms. The first-order chi connectivity index (χ1) is 17.8. The highest BCUT2D eigenvalue weighted by atomic mass is 35.5. The van der Waals surface area contributed by atoms with Crippen molar-refractivity contribution >= 4 is 27.3 Å². The van der Waals surface area contributed by atoms with Crippen LogP contribution >= 0.6 is 11.6 Å². The van der Waals surface area contributed by atoms with Crippen molar-refractivity contribution in [3.63, 3.8) is 0 Å². The summed E-state index contributed by atoms with van der Waals surface area (Å²) in [5.74, 6) is 0.446. The van der Waals surface area contributed by atoms with Crippen molar-refractivity contribution in [1.29, 1.82) is 0 Å². The standard InChI is InChI=1S/C28H39ClN4O3S/c1-22-3-5-23(6-4-22)18-30-11-2-12-33(16-15-30)37(35,36)28-8-7-25(17-27(28)29)32-19-26(20-32)31-13-9-24(21-34)10-14-31/h3-8,17,24,26,34H,2,9-16,18-21H2,1H3. The van der Waals surface area contributed by atoms with Crippen molar-refractivity contribution in [3.05, 3.63) is 58.6 Å². The number of aliphatic hydroxyl groups excluding tert-OH is 1. The molecule has 5 rings (SSSR count). The second-order valence-corrected chi connectivity index (χ2v) is 13.2. The van der Waals surface area contributed by atoms with Crippen LogP contribution in [0.15, 0.2) is 47.4 Å². The smallest absolute Gasteiger partial charge is 0.244 e. The SMILES string of the molecule is Cc1ccc(CN2CCCN(S(=O)(=O)c3ccc(N4CC(N5CCC(CO)CC5)C4)cc3Cl)CC2)cc1. The summed E-state index contributed by atoms with van der Waals surface area (Å²) >= 11 is 6.59. The Hall–Kier alpha value is -1.68. The minimum Gasteiger partial charge on any atom is -0.396 e. The van der Waals surface area contributed by atoms with E-state index in [1.165, 1.54) is 11.1 Å². The lowest BCUT2D eigenvalue weighted by atomic mass is 9.95. The number of hydrogen-bond donors (Lipinski definition) is 1. The van der Waals surface area contributed by atoms with Crippen LogP contribution in [0.3, 0.4) is 0 Å². The van der Waals surface area contributed by atoms with E-state index in [1.54, 1.807) is 10.4 Å². The number of likely N-dealkylation sites (tertiary alicyclic amines) is 1. The molecule has 3 aliphatic heterocycles. The minimum atomic E-state index is -3.66. The Balaban J connectivity index is 1.17. The van der Waals surface area contributed by atoms with Gasteiger partial charge in [-0.05, 0) is 75.5 Å². The molecule has 3 saturated heterocycles. The molecule has 0 spiro atoms. The number of sulfonamides is 1. The van der Waals surface area contributed by atoms with Crippen LogP contribution < -0.4 is 4.90 Å². The molecule has 0 aliphatic carbocycles. The highest BCUT2D eigenvalue weighted by molar-refractivity contribution is 7.89. The third kappa shape index (κ3) is 6.15. The van der Waals surface area contributed by atoms with E-state index in [-0.39, 0.29) is 4.90 Å². The van der Waals surface area contributed by atoms with Crippen molar-refractivity contribution in [2.24, 2.45) is 5.92 Å². The number of anilines is 1. The van der Waals surface area contributed by atoms with Gasteiger partial charge in [0, 0.05) is 57.6 Å². The Bertz CT molecular complexity index is 1160. The molecule has 0 saturated carbocycles. The summed E-state index contributed by atoms with van der Waals surface area (Å²) in [7, 11) is -3.66. The van der Waals surface area contributed by atoms with E-state index in [0.29, 0.717) is 43.2 Å². The molecule has 2 aromatic carbocycles. The van der Waals surface area contributed by atoms with Crippen LogP contribution in [0.25, 0.3) is 0 Å². The Kier molecular flexibility index (Phi) is 8.43. The molecule has 9 heteroatoms. The lowest BCUT2D eigenvalue weighted by Crippen LogP contribution is -2.61. The average molecular weight is 547 g/mol. The Labute approximate surface area is 226 Å². The summed E-state index contributed by atoms with van der Waals surface area (Å²) in [4.78, 5) is 7.31. The van der Waals surface area contributed by atoms with Gasteiger partial charge in [0.25, 0.3) is 0 Å². The first kappa shape index (κ1) is 26.9. The van der Waals surface area contributed by atoms with Gasteiger partial charge >= 0.3 is 0 Å². The van der Waals surface area contributed by atoms with Gasteiger partial charge in [0.2, 0.25) is 10.0 Å². The van der Waals surface area contributed by atoms with E-state index in [1.807, 2.05) is 12.1 Å². The maximum Gasteiger partial charge on any atom is 0.244 e. The molecular formula is C28H39ClN4O3S. The molecule has 0 bridgehead atoms. The molecule has 0 amide bonds. The van der Waals surface area contributed by atoms with Crippen LogP contribution in [0, 0.1) is 12.8 Å². The maximum absolute atomic E-state index is 13.5.